The number of rotatable bonds is 3. The van der Waals surface area contributed by atoms with E-state index in [0.29, 0.717) is 4.48 Å². The fraction of sp³-hybridized carbons (Fsp3) is 0.150. The van der Waals surface area contributed by atoms with Crippen molar-refractivity contribution in [1.29, 1.82) is 0 Å². The number of cyclic esters (lactones) is 1. The standard InChI is InChI=1S/C20H16BrNO4S/c1-13-6-8-14(9-7-13)27(24,25)22-12-17(21)15-4-2-3-5-16(15)20(22)18-10-11-19(23)26-18/h2-12,18,20H,1H3/t18-,20-/m0/s1. The molecule has 0 bridgehead atoms. The molecule has 2 aromatic rings. The van der Waals surface area contributed by atoms with E-state index in [1.165, 1.54) is 10.4 Å². The van der Waals surface area contributed by atoms with E-state index in [1.807, 2.05) is 31.2 Å². The van der Waals surface area contributed by atoms with Gasteiger partial charge in [-0.25, -0.2) is 13.2 Å². The molecular formula is C20H16BrNO4S. The van der Waals surface area contributed by atoms with Crippen LogP contribution in [0.4, 0.5) is 0 Å². The van der Waals surface area contributed by atoms with E-state index in [2.05, 4.69) is 15.9 Å². The smallest absolute Gasteiger partial charge is 0.331 e. The third-order valence-electron chi connectivity index (χ3n) is 4.63. The van der Waals surface area contributed by atoms with Crippen molar-refractivity contribution in [2.45, 2.75) is 24.0 Å². The molecule has 0 radical (unpaired) electrons. The molecule has 2 aromatic carbocycles. The van der Waals surface area contributed by atoms with Crippen LogP contribution in [-0.2, 0) is 19.6 Å². The van der Waals surface area contributed by atoms with E-state index in [1.54, 1.807) is 36.5 Å². The van der Waals surface area contributed by atoms with Gasteiger partial charge in [0.1, 0.15) is 12.1 Å². The number of carbonyl (C=O) groups excluding carboxylic acids is 1. The topological polar surface area (TPSA) is 63.7 Å². The summed E-state index contributed by atoms with van der Waals surface area (Å²) >= 11 is 3.48. The molecule has 0 spiro atoms. The highest BCUT2D eigenvalue weighted by molar-refractivity contribution is 9.15. The number of nitrogens with zero attached hydrogens (tertiary/aromatic N) is 1. The molecule has 0 aromatic heterocycles. The van der Waals surface area contributed by atoms with E-state index in [9.17, 15) is 13.2 Å². The van der Waals surface area contributed by atoms with E-state index in [0.717, 1.165) is 16.7 Å². The Morgan fingerprint density at radius 1 is 1.07 bits per heavy atom. The van der Waals surface area contributed by atoms with E-state index in [4.69, 9.17) is 4.74 Å². The molecule has 0 aliphatic carbocycles. The minimum Gasteiger partial charge on any atom is -0.452 e. The summed E-state index contributed by atoms with van der Waals surface area (Å²) < 4.78 is 34.1. The van der Waals surface area contributed by atoms with Gasteiger partial charge in [-0.05, 0) is 52.2 Å². The summed E-state index contributed by atoms with van der Waals surface area (Å²) in [7, 11) is -3.86. The molecule has 5 nitrogen and oxygen atoms in total. The van der Waals surface area contributed by atoms with E-state index < -0.39 is 28.1 Å². The van der Waals surface area contributed by atoms with Gasteiger partial charge in [0.2, 0.25) is 0 Å². The minimum absolute atomic E-state index is 0.183. The minimum atomic E-state index is -3.86. The molecule has 0 saturated carbocycles. The van der Waals surface area contributed by atoms with Crippen molar-refractivity contribution < 1.29 is 17.9 Å². The van der Waals surface area contributed by atoms with Gasteiger partial charge in [0.15, 0.2) is 0 Å². The van der Waals surface area contributed by atoms with Crippen LogP contribution in [0.5, 0.6) is 0 Å². The Balaban J connectivity index is 1.87. The average molecular weight is 446 g/mol. The Kier molecular flexibility index (Phi) is 4.44. The molecule has 7 heteroatoms. The van der Waals surface area contributed by atoms with Crippen LogP contribution in [0.15, 0.2) is 71.8 Å². The van der Waals surface area contributed by atoms with Crippen LogP contribution >= 0.6 is 15.9 Å². The lowest BCUT2D eigenvalue weighted by Crippen LogP contribution is -2.39. The predicted molar refractivity (Wildman–Crippen MR) is 105 cm³/mol. The molecule has 0 saturated heterocycles. The second-order valence-corrected chi connectivity index (χ2v) is 9.12. The largest absolute Gasteiger partial charge is 0.452 e. The van der Waals surface area contributed by atoms with Gasteiger partial charge < -0.3 is 4.74 Å². The number of hydrogen-bond acceptors (Lipinski definition) is 4. The van der Waals surface area contributed by atoms with Gasteiger partial charge in [-0.3, -0.25) is 4.31 Å². The Morgan fingerprint density at radius 3 is 2.44 bits per heavy atom. The van der Waals surface area contributed by atoms with Crippen molar-refractivity contribution in [2.24, 2.45) is 0 Å². The second-order valence-electron chi connectivity index (χ2n) is 6.42. The van der Waals surface area contributed by atoms with Crippen molar-refractivity contribution in [3.8, 4) is 0 Å². The SMILES string of the molecule is Cc1ccc(S(=O)(=O)N2C=C(Br)c3ccccc3[C@H]2[C@@H]2C=CC(=O)O2)cc1. The molecular weight excluding hydrogens is 430 g/mol. The Morgan fingerprint density at radius 2 is 1.78 bits per heavy atom. The van der Waals surface area contributed by atoms with Gasteiger partial charge in [0, 0.05) is 16.8 Å². The molecule has 0 amide bonds. The molecule has 2 aliphatic rings. The van der Waals surface area contributed by atoms with Crippen molar-refractivity contribution >= 4 is 36.4 Å². The summed E-state index contributed by atoms with van der Waals surface area (Å²) in [6, 6.07) is 13.5. The van der Waals surface area contributed by atoms with Crippen LogP contribution in [0.1, 0.15) is 22.7 Å². The molecule has 0 N–H and O–H groups in total. The molecule has 138 valence electrons. The zero-order chi connectivity index (χ0) is 19.2. The lowest BCUT2D eigenvalue weighted by atomic mass is 9.94. The van der Waals surface area contributed by atoms with Gasteiger partial charge in [0.25, 0.3) is 10.0 Å². The Bertz CT molecular complexity index is 1070. The average Bonchev–Trinajstić information content (AvgIpc) is 3.08. The second kappa shape index (κ2) is 6.65. The number of aryl methyl sites for hydroxylation is 1. The lowest BCUT2D eigenvalue weighted by molar-refractivity contribution is -0.140. The number of benzene rings is 2. The third-order valence-corrected chi connectivity index (χ3v) is 7.02. The van der Waals surface area contributed by atoms with Gasteiger partial charge >= 0.3 is 5.97 Å². The molecule has 2 heterocycles. The van der Waals surface area contributed by atoms with Crippen molar-refractivity contribution in [3.63, 3.8) is 0 Å². The first-order valence-corrected chi connectivity index (χ1v) is 10.6. The van der Waals surface area contributed by atoms with Crippen LogP contribution in [0.3, 0.4) is 0 Å². The van der Waals surface area contributed by atoms with Crippen LogP contribution in [0, 0.1) is 6.92 Å². The van der Waals surface area contributed by atoms with Crippen LogP contribution in [0.25, 0.3) is 4.48 Å². The summed E-state index contributed by atoms with van der Waals surface area (Å²) in [5.74, 6) is -0.473. The number of sulfonamides is 1. The maximum Gasteiger partial charge on any atom is 0.331 e. The van der Waals surface area contributed by atoms with Gasteiger partial charge in [-0.2, -0.15) is 0 Å². The fourth-order valence-electron chi connectivity index (χ4n) is 3.30. The zero-order valence-electron chi connectivity index (χ0n) is 14.4. The van der Waals surface area contributed by atoms with Crippen LogP contribution < -0.4 is 0 Å². The summed E-state index contributed by atoms with van der Waals surface area (Å²) in [4.78, 5) is 11.8. The van der Waals surface area contributed by atoms with Gasteiger partial charge in [-0.1, -0.05) is 42.0 Å². The molecule has 0 fully saturated rings. The molecule has 2 atom stereocenters. The molecule has 0 unspecified atom stereocenters. The van der Waals surface area contributed by atoms with Crippen molar-refractivity contribution in [1.82, 2.24) is 4.31 Å². The highest BCUT2D eigenvalue weighted by Crippen LogP contribution is 2.43. The number of carbonyl (C=O) groups is 1. The highest BCUT2D eigenvalue weighted by Gasteiger charge is 2.41. The fourth-order valence-corrected chi connectivity index (χ4v) is 5.52. The number of halogens is 1. The Hall–Kier alpha value is -2.38. The first kappa shape index (κ1) is 18.0. The Labute approximate surface area is 166 Å². The van der Waals surface area contributed by atoms with Crippen LogP contribution in [-0.4, -0.2) is 24.8 Å². The highest BCUT2D eigenvalue weighted by atomic mass is 79.9. The first-order valence-electron chi connectivity index (χ1n) is 8.33. The molecule has 2 aliphatic heterocycles. The summed E-state index contributed by atoms with van der Waals surface area (Å²) in [5, 5.41) is 0. The molecule has 27 heavy (non-hydrogen) atoms. The molecule has 4 rings (SSSR count). The predicted octanol–water partition coefficient (Wildman–Crippen LogP) is 3.92. The number of ether oxygens (including phenoxy) is 1. The summed E-state index contributed by atoms with van der Waals surface area (Å²) in [6.45, 7) is 1.90. The van der Waals surface area contributed by atoms with Crippen molar-refractivity contribution in [3.05, 3.63) is 83.6 Å². The maximum absolute atomic E-state index is 13.4. The van der Waals surface area contributed by atoms with Gasteiger partial charge in [-0.15, -0.1) is 0 Å². The third kappa shape index (κ3) is 3.11. The monoisotopic (exact) mass is 445 g/mol. The van der Waals surface area contributed by atoms with Gasteiger partial charge in [0.05, 0.1) is 4.90 Å². The zero-order valence-corrected chi connectivity index (χ0v) is 16.8. The van der Waals surface area contributed by atoms with Crippen LogP contribution in [0.2, 0.25) is 0 Å². The van der Waals surface area contributed by atoms with E-state index in [-0.39, 0.29) is 4.90 Å². The summed E-state index contributed by atoms with van der Waals surface area (Å²) in [6.07, 6.45) is 3.78. The number of esters is 1. The normalized spacial score (nSPS) is 21.6. The number of fused-ring (bicyclic) bond motifs is 1. The quantitative estimate of drug-likeness (QED) is 0.671. The van der Waals surface area contributed by atoms with Crippen molar-refractivity contribution in [2.75, 3.05) is 0 Å². The first-order chi connectivity index (χ1) is 12.9. The maximum atomic E-state index is 13.4. The summed E-state index contributed by atoms with van der Waals surface area (Å²) in [5.41, 5.74) is 2.61. The lowest BCUT2D eigenvalue weighted by Gasteiger charge is -2.37. The number of hydrogen-bond donors (Lipinski definition) is 0. The van der Waals surface area contributed by atoms with E-state index >= 15 is 0 Å².